The lowest BCUT2D eigenvalue weighted by molar-refractivity contribution is -0.114. The van der Waals surface area contributed by atoms with E-state index < -0.39 is 10.0 Å². The minimum atomic E-state index is -3.69. The molecule has 2 aromatic rings. The molecular formula is C15H16N2O3S. The molecule has 0 saturated heterocycles. The van der Waals surface area contributed by atoms with E-state index >= 15 is 0 Å². The topological polar surface area (TPSA) is 75.3 Å². The zero-order valence-corrected chi connectivity index (χ0v) is 12.6. The largest absolute Gasteiger partial charge is 0.326 e. The molecule has 2 aromatic carbocycles. The number of benzene rings is 2. The van der Waals surface area contributed by atoms with Crippen molar-refractivity contribution in [2.45, 2.75) is 18.7 Å². The van der Waals surface area contributed by atoms with E-state index in [-0.39, 0.29) is 10.8 Å². The van der Waals surface area contributed by atoms with E-state index in [9.17, 15) is 13.2 Å². The van der Waals surface area contributed by atoms with Crippen LogP contribution < -0.4 is 10.0 Å². The van der Waals surface area contributed by atoms with Crippen molar-refractivity contribution in [1.29, 1.82) is 0 Å². The van der Waals surface area contributed by atoms with E-state index in [0.717, 1.165) is 5.56 Å². The van der Waals surface area contributed by atoms with Gasteiger partial charge in [0, 0.05) is 18.3 Å². The van der Waals surface area contributed by atoms with Gasteiger partial charge in [-0.1, -0.05) is 24.3 Å². The van der Waals surface area contributed by atoms with E-state index in [1.54, 1.807) is 43.3 Å². The standard InChI is InChI=1S/C15H16N2O3S/c1-11-8-9-14(10-15(11)16-12(2)18)21(19,20)17-13-6-4-3-5-7-13/h3-10,17H,1-2H3,(H,16,18). The van der Waals surface area contributed by atoms with Gasteiger partial charge >= 0.3 is 0 Å². The molecule has 5 nitrogen and oxygen atoms in total. The Morgan fingerprint density at radius 1 is 1.05 bits per heavy atom. The van der Waals surface area contributed by atoms with E-state index in [0.29, 0.717) is 11.4 Å². The predicted molar refractivity (Wildman–Crippen MR) is 82.7 cm³/mol. The average molecular weight is 304 g/mol. The molecule has 0 radical (unpaired) electrons. The fourth-order valence-corrected chi connectivity index (χ4v) is 2.90. The van der Waals surface area contributed by atoms with Gasteiger partial charge in [-0.15, -0.1) is 0 Å². The summed E-state index contributed by atoms with van der Waals surface area (Å²) in [5, 5.41) is 2.62. The summed E-state index contributed by atoms with van der Waals surface area (Å²) in [7, 11) is -3.69. The second kappa shape index (κ2) is 5.97. The average Bonchev–Trinajstić information content (AvgIpc) is 2.41. The molecule has 0 heterocycles. The first-order chi connectivity index (χ1) is 9.88. The number of aryl methyl sites for hydroxylation is 1. The quantitative estimate of drug-likeness (QED) is 0.912. The van der Waals surface area contributed by atoms with E-state index in [1.165, 1.54) is 19.1 Å². The monoisotopic (exact) mass is 304 g/mol. The molecule has 0 aliphatic carbocycles. The molecule has 0 saturated carbocycles. The number of hydrogen-bond donors (Lipinski definition) is 2. The van der Waals surface area contributed by atoms with E-state index in [1.807, 2.05) is 0 Å². The molecule has 0 unspecified atom stereocenters. The van der Waals surface area contributed by atoms with Crippen LogP contribution in [0, 0.1) is 6.92 Å². The van der Waals surface area contributed by atoms with Gasteiger partial charge in [-0.2, -0.15) is 0 Å². The van der Waals surface area contributed by atoms with Gasteiger partial charge in [-0.3, -0.25) is 9.52 Å². The summed E-state index contributed by atoms with van der Waals surface area (Å²) in [4.78, 5) is 11.2. The van der Waals surface area contributed by atoms with Crippen LogP contribution in [0.15, 0.2) is 53.4 Å². The minimum absolute atomic E-state index is 0.0979. The molecule has 0 aliphatic rings. The third-order valence-corrected chi connectivity index (χ3v) is 4.24. The van der Waals surface area contributed by atoms with Crippen LogP contribution in [-0.2, 0) is 14.8 Å². The minimum Gasteiger partial charge on any atom is -0.326 e. The molecule has 0 spiro atoms. The van der Waals surface area contributed by atoms with Gasteiger partial charge in [0.1, 0.15) is 0 Å². The van der Waals surface area contributed by atoms with Crippen molar-refractivity contribution < 1.29 is 13.2 Å². The van der Waals surface area contributed by atoms with Crippen molar-refractivity contribution in [2.75, 3.05) is 10.0 Å². The van der Waals surface area contributed by atoms with Gasteiger partial charge in [0.2, 0.25) is 5.91 Å². The van der Waals surface area contributed by atoms with Crippen LogP contribution >= 0.6 is 0 Å². The van der Waals surface area contributed by atoms with Crippen LogP contribution in [0.4, 0.5) is 11.4 Å². The molecule has 2 rings (SSSR count). The summed E-state index contributed by atoms with van der Waals surface area (Å²) in [5.74, 6) is -0.247. The van der Waals surface area contributed by atoms with Crippen LogP contribution in [0.2, 0.25) is 0 Å². The molecule has 0 atom stereocenters. The van der Waals surface area contributed by atoms with Crippen LogP contribution in [0.1, 0.15) is 12.5 Å². The molecule has 21 heavy (non-hydrogen) atoms. The Hall–Kier alpha value is -2.34. The van der Waals surface area contributed by atoms with E-state index in [2.05, 4.69) is 10.0 Å². The van der Waals surface area contributed by atoms with Crippen LogP contribution in [0.25, 0.3) is 0 Å². The molecule has 2 N–H and O–H groups in total. The number of carbonyl (C=O) groups excluding carboxylic acids is 1. The zero-order chi connectivity index (χ0) is 15.5. The number of anilines is 2. The van der Waals surface area contributed by atoms with Gasteiger partial charge in [0.25, 0.3) is 10.0 Å². The summed E-state index contributed by atoms with van der Waals surface area (Å²) < 4.78 is 27.1. The van der Waals surface area contributed by atoms with Gasteiger partial charge in [0.15, 0.2) is 0 Å². The van der Waals surface area contributed by atoms with Crippen LogP contribution in [-0.4, -0.2) is 14.3 Å². The second-order valence-corrected chi connectivity index (χ2v) is 6.31. The number of carbonyl (C=O) groups is 1. The van der Waals surface area contributed by atoms with Crippen molar-refractivity contribution in [2.24, 2.45) is 0 Å². The fraction of sp³-hybridized carbons (Fsp3) is 0.133. The first-order valence-electron chi connectivity index (χ1n) is 6.34. The number of para-hydroxylation sites is 1. The summed E-state index contributed by atoms with van der Waals surface area (Å²) in [6.45, 7) is 3.18. The number of hydrogen-bond acceptors (Lipinski definition) is 3. The Balaban J connectivity index is 2.34. The molecule has 110 valence electrons. The van der Waals surface area contributed by atoms with Gasteiger partial charge < -0.3 is 5.32 Å². The Bertz CT molecular complexity index is 756. The lowest BCUT2D eigenvalue weighted by Gasteiger charge is -2.11. The fourth-order valence-electron chi connectivity index (χ4n) is 1.81. The normalized spacial score (nSPS) is 11.0. The summed E-state index contributed by atoms with van der Waals surface area (Å²) in [5.41, 5.74) is 1.77. The number of nitrogens with one attached hydrogen (secondary N) is 2. The summed E-state index contributed by atoms with van der Waals surface area (Å²) in [6, 6.07) is 13.2. The summed E-state index contributed by atoms with van der Waals surface area (Å²) >= 11 is 0. The second-order valence-electron chi connectivity index (χ2n) is 4.63. The van der Waals surface area contributed by atoms with Gasteiger partial charge in [-0.05, 0) is 36.8 Å². The zero-order valence-electron chi connectivity index (χ0n) is 11.8. The smallest absolute Gasteiger partial charge is 0.261 e. The highest BCUT2D eigenvalue weighted by atomic mass is 32.2. The maximum atomic E-state index is 12.3. The molecule has 0 aromatic heterocycles. The molecule has 1 amide bonds. The Kier molecular flexibility index (Phi) is 4.28. The lowest BCUT2D eigenvalue weighted by atomic mass is 10.2. The highest BCUT2D eigenvalue weighted by Gasteiger charge is 2.15. The van der Waals surface area contributed by atoms with Crippen LogP contribution in [0.5, 0.6) is 0 Å². The van der Waals surface area contributed by atoms with Crippen molar-refractivity contribution >= 4 is 27.3 Å². The van der Waals surface area contributed by atoms with Crippen molar-refractivity contribution in [3.05, 3.63) is 54.1 Å². The Morgan fingerprint density at radius 3 is 2.33 bits per heavy atom. The lowest BCUT2D eigenvalue weighted by Crippen LogP contribution is -2.14. The molecule has 0 aliphatic heterocycles. The first-order valence-corrected chi connectivity index (χ1v) is 7.83. The SMILES string of the molecule is CC(=O)Nc1cc(S(=O)(=O)Nc2ccccc2)ccc1C. The van der Waals surface area contributed by atoms with Crippen LogP contribution in [0.3, 0.4) is 0 Å². The third-order valence-electron chi connectivity index (χ3n) is 2.86. The Morgan fingerprint density at radius 2 is 1.71 bits per heavy atom. The maximum Gasteiger partial charge on any atom is 0.261 e. The molecule has 6 heteroatoms. The third kappa shape index (κ3) is 3.82. The Labute approximate surface area is 124 Å². The van der Waals surface area contributed by atoms with Crippen molar-refractivity contribution in [3.63, 3.8) is 0 Å². The highest BCUT2D eigenvalue weighted by Crippen LogP contribution is 2.22. The van der Waals surface area contributed by atoms with Crippen molar-refractivity contribution in [3.8, 4) is 0 Å². The van der Waals surface area contributed by atoms with E-state index in [4.69, 9.17) is 0 Å². The van der Waals surface area contributed by atoms with Gasteiger partial charge in [0.05, 0.1) is 4.90 Å². The predicted octanol–water partition coefficient (Wildman–Crippen LogP) is 2.75. The maximum absolute atomic E-state index is 12.3. The molecule has 0 fully saturated rings. The first kappa shape index (κ1) is 15.1. The molecular weight excluding hydrogens is 288 g/mol. The number of amides is 1. The van der Waals surface area contributed by atoms with Crippen molar-refractivity contribution in [1.82, 2.24) is 0 Å². The number of rotatable bonds is 4. The number of sulfonamides is 1. The summed E-state index contributed by atoms with van der Waals surface area (Å²) in [6.07, 6.45) is 0. The molecule has 0 bridgehead atoms. The van der Waals surface area contributed by atoms with Gasteiger partial charge in [-0.25, -0.2) is 8.42 Å². The highest BCUT2D eigenvalue weighted by molar-refractivity contribution is 7.92.